The summed E-state index contributed by atoms with van der Waals surface area (Å²) in [6, 6.07) is 0. The normalized spacial score (nSPS) is 50.4. The Morgan fingerprint density at radius 1 is 1.50 bits per heavy atom. The molecular formula is C4H8OS3. The third-order valence-corrected chi connectivity index (χ3v) is 13.3. The molecule has 1 nitrogen and oxygen atoms in total. The smallest absolute Gasteiger partial charge is 0.155 e. The summed E-state index contributed by atoms with van der Waals surface area (Å²) in [5.41, 5.74) is 0. The van der Waals surface area contributed by atoms with Crippen molar-refractivity contribution < 1.29 is 4.21 Å². The molecule has 0 unspecified atom stereocenters. The molecule has 0 aliphatic carbocycles. The van der Waals surface area contributed by atoms with Crippen LogP contribution in [-0.4, -0.2) is 7.62 Å². The molecule has 0 atom stereocenters. The zero-order valence-electron chi connectivity index (χ0n) is 4.75. The molecule has 2 heterocycles. The van der Waals surface area contributed by atoms with Gasteiger partial charge in [-0.1, -0.05) is 13.8 Å². The number of fused-ring (bicyclic) bond motifs is 1. The Labute approximate surface area is 57.2 Å². The Balaban J connectivity index is 2.24. The van der Waals surface area contributed by atoms with Crippen molar-refractivity contribution in [3.8, 4) is 0 Å². The third-order valence-electron chi connectivity index (χ3n) is 1.55. The average Bonchev–Trinajstić information content (AvgIpc) is 2.22. The fourth-order valence-electron chi connectivity index (χ4n) is 0.837. The quantitative estimate of drug-likeness (QED) is 0.364. The highest BCUT2D eigenvalue weighted by Gasteiger charge is 2.82. The molecule has 2 fully saturated rings. The first-order valence-electron chi connectivity index (χ1n) is 2.62. The first-order valence-corrected chi connectivity index (χ1v) is 7.17. The van der Waals surface area contributed by atoms with E-state index in [0.717, 1.165) is 0 Å². The summed E-state index contributed by atoms with van der Waals surface area (Å²) in [5.74, 6) is 0.614. The highest BCUT2D eigenvalue weighted by Crippen LogP contribution is 2.94. The van der Waals surface area contributed by atoms with Crippen molar-refractivity contribution in [1.82, 2.24) is 0 Å². The molecule has 2 rings (SSSR count). The standard InChI is InChI=1S/C4H8OS3/c1-3(2)4-6-8(4,5)7-4/h3,8H,1-2H3. The molecule has 0 aromatic heterocycles. The molecule has 2 aliphatic heterocycles. The highest BCUT2D eigenvalue weighted by atomic mass is 33.6. The monoisotopic (exact) mass is 168 g/mol. The summed E-state index contributed by atoms with van der Waals surface area (Å²) in [4.78, 5) is 0. The largest absolute Gasteiger partial charge is 0.263 e. The van der Waals surface area contributed by atoms with Crippen LogP contribution in [0, 0.1) is 5.92 Å². The van der Waals surface area contributed by atoms with E-state index in [1.54, 1.807) is 21.6 Å². The summed E-state index contributed by atoms with van der Waals surface area (Å²) in [6.07, 6.45) is 0. The van der Waals surface area contributed by atoms with Gasteiger partial charge in [0.15, 0.2) is 3.41 Å². The van der Waals surface area contributed by atoms with Gasteiger partial charge in [0.05, 0.1) is 0 Å². The van der Waals surface area contributed by atoms with Crippen LogP contribution >= 0.6 is 21.6 Å². The van der Waals surface area contributed by atoms with E-state index >= 15 is 0 Å². The molecule has 0 amide bonds. The summed E-state index contributed by atoms with van der Waals surface area (Å²) in [7, 11) is 1.82. The lowest BCUT2D eigenvalue weighted by atomic mass is 10.3. The molecule has 0 radical (unpaired) electrons. The fraction of sp³-hybridized carbons (Fsp3) is 1.00. The maximum Gasteiger partial charge on any atom is 0.155 e. The second-order valence-corrected chi connectivity index (χ2v) is 11.6. The molecule has 0 spiro atoms. The molecule has 0 bridgehead atoms. The van der Waals surface area contributed by atoms with Gasteiger partial charge in [-0.2, -0.15) is 0 Å². The topological polar surface area (TPSA) is 17.1 Å². The van der Waals surface area contributed by atoms with E-state index in [4.69, 9.17) is 0 Å². The van der Waals surface area contributed by atoms with E-state index in [9.17, 15) is 4.21 Å². The van der Waals surface area contributed by atoms with Crippen molar-refractivity contribution in [2.45, 2.75) is 17.3 Å². The maximum atomic E-state index is 11.1. The van der Waals surface area contributed by atoms with Gasteiger partial charge in [0.2, 0.25) is 0 Å². The van der Waals surface area contributed by atoms with Gasteiger partial charge in [0.1, 0.15) is 0 Å². The van der Waals surface area contributed by atoms with Gasteiger partial charge in [-0.15, -0.1) is 0 Å². The van der Waals surface area contributed by atoms with Crippen LogP contribution in [0.5, 0.6) is 0 Å². The lowest BCUT2D eigenvalue weighted by molar-refractivity contribution is 0.670. The zero-order chi connectivity index (χ0) is 5.99. The number of hydrogen-bond acceptors (Lipinski definition) is 3. The fourth-order valence-corrected chi connectivity index (χ4v) is 12.6. The van der Waals surface area contributed by atoms with Crippen LogP contribution in [0.15, 0.2) is 0 Å². The molecule has 0 aromatic carbocycles. The van der Waals surface area contributed by atoms with Crippen molar-refractivity contribution in [1.29, 1.82) is 0 Å². The third kappa shape index (κ3) is 0.412. The summed E-state index contributed by atoms with van der Waals surface area (Å²) >= 11 is 0. The summed E-state index contributed by atoms with van der Waals surface area (Å²) < 4.78 is 11.3. The molecule has 0 N–H and O–H groups in total. The minimum Gasteiger partial charge on any atom is -0.263 e. The van der Waals surface area contributed by atoms with E-state index < -0.39 is 8.00 Å². The molecule has 2 saturated heterocycles. The van der Waals surface area contributed by atoms with Crippen molar-refractivity contribution in [2.75, 3.05) is 0 Å². The Hall–Kier alpha value is 0.850. The van der Waals surface area contributed by atoms with Crippen molar-refractivity contribution in [3.63, 3.8) is 0 Å². The second-order valence-electron chi connectivity index (χ2n) is 2.47. The van der Waals surface area contributed by atoms with Crippen LogP contribution in [0.3, 0.4) is 0 Å². The van der Waals surface area contributed by atoms with E-state index in [1.807, 2.05) is 0 Å². The van der Waals surface area contributed by atoms with Crippen LogP contribution in [0.2, 0.25) is 0 Å². The Kier molecular flexibility index (Phi) is 0.812. The Morgan fingerprint density at radius 3 is 1.88 bits per heavy atom. The molecular weight excluding hydrogens is 160 g/mol. The van der Waals surface area contributed by atoms with Crippen molar-refractivity contribution in [2.24, 2.45) is 5.92 Å². The van der Waals surface area contributed by atoms with E-state index in [2.05, 4.69) is 13.8 Å². The number of hydrogen-bond donors (Lipinski definition) is 1. The van der Waals surface area contributed by atoms with Gasteiger partial charge in [-0.25, -0.2) is 0 Å². The molecule has 4 heteroatoms. The van der Waals surface area contributed by atoms with Crippen LogP contribution < -0.4 is 0 Å². The Bertz CT molecular complexity index is 176. The van der Waals surface area contributed by atoms with E-state index in [0.29, 0.717) is 5.92 Å². The number of rotatable bonds is 1. The van der Waals surface area contributed by atoms with Gasteiger partial charge in [-0.3, -0.25) is 4.21 Å². The lowest BCUT2D eigenvalue weighted by Crippen LogP contribution is -1.98. The molecule has 0 aromatic rings. The lowest BCUT2D eigenvalue weighted by Gasteiger charge is -1.97. The average molecular weight is 168 g/mol. The molecule has 0 saturated carbocycles. The maximum absolute atomic E-state index is 11.1. The minimum atomic E-state index is -1.58. The van der Waals surface area contributed by atoms with Crippen LogP contribution in [0.25, 0.3) is 0 Å². The van der Waals surface area contributed by atoms with Crippen LogP contribution in [0.1, 0.15) is 13.8 Å². The van der Waals surface area contributed by atoms with Gasteiger partial charge < -0.3 is 0 Å². The zero-order valence-corrected chi connectivity index (χ0v) is 7.28. The van der Waals surface area contributed by atoms with E-state index in [-0.39, 0.29) is 3.41 Å². The minimum absolute atomic E-state index is 0.243. The van der Waals surface area contributed by atoms with Gasteiger partial charge >= 0.3 is 0 Å². The molecule has 48 valence electrons. The number of thiol groups is 1. The van der Waals surface area contributed by atoms with Crippen LogP contribution in [0.4, 0.5) is 0 Å². The SMILES string of the molecule is CC(C)C12S[SH]1(=O)S2. The van der Waals surface area contributed by atoms with Crippen molar-refractivity contribution >= 4 is 29.6 Å². The predicted octanol–water partition coefficient (Wildman–Crippen LogP) is 1.64. The first kappa shape index (κ1) is 5.62. The van der Waals surface area contributed by atoms with Crippen molar-refractivity contribution in [3.05, 3.63) is 0 Å². The van der Waals surface area contributed by atoms with Gasteiger partial charge in [0.25, 0.3) is 0 Å². The van der Waals surface area contributed by atoms with Gasteiger partial charge in [0, 0.05) is 8.00 Å². The molecule has 8 heavy (non-hydrogen) atoms. The van der Waals surface area contributed by atoms with Crippen LogP contribution in [-0.2, 0) is 8.00 Å². The predicted molar refractivity (Wildman–Crippen MR) is 42.3 cm³/mol. The summed E-state index contributed by atoms with van der Waals surface area (Å²) in [6.45, 7) is 4.29. The molecule has 2 aliphatic rings. The van der Waals surface area contributed by atoms with E-state index in [1.165, 1.54) is 0 Å². The summed E-state index contributed by atoms with van der Waals surface area (Å²) in [5, 5.41) is 0. The Morgan fingerprint density at radius 2 is 1.88 bits per heavy atom. The first-order chi connectivity index (χ1) is 3.61. The van der Waals surface area contributed by atoms with Gasteiger partial charge in [-0.05, 0) is 27.5 Å². The highest BCUT2D eigenvalue weighted by molar-refractivity contribution is 9.38. The second kappa shape index (κ2) is 1.16.